The van der Waals surface area contributed by atoms with E-state index in [4.69, 9.17) is 4.42 Å². The number of benzene rings is 1. The number of nitrogens with one attached hydrogen (secondary N) is 1. The summed E-state index contributed by atoms with van der Waals surface area (Å²) in [5.74, 6) is 0.930. The summed E-state index contributed by atoms with van der Waals surface area (Å²) in [7, 11) is 0. The first kappa shape index (κ1) is 12.4. The van der Waals surface area contributed by atoms with Crippen molar-refractivity contribution in [1.82, 2.24) is 0 Å². The van der Waals surface area contributed by atoms with Crippen LogP contribution in [0, 0.1) is 3.77 Å². The Kier molecular flexibility index (Phi) is 4.32. The standard InChI is InChI=1S/C11H8Br2INO/c12-7-1-3-10(9(13)5-7)15-6-8-2-4-11(14)16-8/h1-5,15H,6H2. The van der Waals surface area contributed by atoms with Crippen LogP contribution < -0.4 is 5.32 Å². The van der Waals surface area contributed by atoms with Crippen molar-refractivity contribution in [3.63, 3.8) is 0 Å². The summed E-state index contributed by atoms with van der Waals surface area (Å²) in [6.45, 7) is 0.684. The van der Waals surface area contributed by atoms with E-state index in [2.05, 4.69) is 59.8 Å². The summed E-state index contributed by atoms with van der Waals surface area (Å²) in [5.41, 5.74) is 1.05. The molecule has 2 nitrogen and oxygen atoms in total. The van der Waals surface area contributed by atoms with E-state index in [1.165, 1.54) is 0 Å². The average Bonchev–Trinajstić information content (AvgIpc) is 2.63. The van der Waals surface area contributed by atoms with Crippen LogP contribution in [-0.2, 0) is 6.54 Å². The highest BCUT2D eigenvalue weighted by atomic mass is 127. The van der Waals surface area contributed by atoms with Crippen molar-refractivity contribution in [2.45, 2.75) is 6.54 Å². The van der Waals surface area contributed by atoms with Gasteiger partial charge in [-0.2, -0.15) is 0 Å². The SMILES string of the molecule is Brc1ccc(NCc2ccc(I)o2)c(Br)c1. The minimum Gasteiger partial charge on any atom is -0.454 e. The third kappa shape index (κ3) is 3.24. The van der Waals surface area contributed by atoms with Crippen molar-refractivity contribution < 1.29 is 4.42 Å². The van der Waals surface area contributed by atoms with Crippen molar-refractivity contribution >= 4 is 60.1 Å². The molecule has 0 aliphatic rings. The molecule has 2 aromatic rings. The monoisotopic (exact) mass is 455 g/mol. The zero-order chi connectivity index (χ0) is 11.5. The van der Waals surface area contributed by atoms with Gasteiger partial charge in [0, 0.05) is 14.6 Å². The Hall–Kier alpha value is -0.0100. The summed E-state index contributed by atoms with van der Waals surface area (Å²) in [6, 6.07) is 9.95. The molecule has 0 atom stereocenters. The van der Waals surface area contributed by atoms with Crippen LogP contribution in [0.25, 0.3) is 0 Å². The van der Waals surface area contributed by atoms with Crippen LogP contribution in [-0.4, -0.2) is 0 Å². The molecule has 2 rings (SSSR count). The molecule has 0 radical (unpaired) electrons. The van der Waals surface area contributed by atoms with Gasteiger partial charge in [0.25, 0.3) is 0 Å². The van der Waals surface area contributed by atoms with Gasteiger partial charge in [0.05, 0.1) is 6.54 Å². The third-order valence-electron chi connectivity index (χ3n) is 2.01. The molecule has 1 aromatic heterocycles. The Bertz CT molecular complexity index is 498. The van der Waals surface area contributed by atoms with Gasteiger partial charge < -0.3 is 9.73 Å². The quantitative estimate of drug-likeness (QED) is 0.656. The van der Waals surface area contributed by atoms with Crippen molar-refractivity contribution in [2.75, 3.05) is 5.32 Å². The summed E-state index contributed by atoms with van der Waals surface area (Å²) in [5, 5.41) is 3.30. The molecular weight excluding hydrogens is 449 g/mol. The molecule has 1 aromatic carbocycles. The molecule has 0 unspecified atom stereocenters. The molecule has 84 valence electrons. The van der Waals surface area contributed by atoms with E-state index < -0.39 is 0 Å². The smallest absolute Gasteiger partial charge is 0.164 e. The topological polar surface area (TPSA) is 25.2 Å². The molecule has 0 fully saturated rings. The highest BCUT2D eigenvalue weighted by molar-refractivity contribution is 14.1. The van der Waals surface area contributed by atoms with E-state index in [1.54, 1.807) is 0 Å². The number of rotatable bonds is 3. The van der Waals surface area contributed by atoms with Gasteiger partial charge in [0.15, 0.2) is 3.77 Å². The van der Waals surface area contributed by atoms with E-state index in [-0.39, 0.29) is 0 Å². The van der Waals surface area contributed by atoms with Gasteiger partial charge >= 0.3 is 0 Å². The Balaban J connectivity index is 2.04. The molecule has 0 saturated heterocycles. The summed E-state index contributed by atoms with van der Waals surface area (Å²) in [4.78, 5) is 0. The van der Waals surface area contributed by atoms with E-state index in [9.17, 15) is 0 Å². The van der Waals surface area contributed by atoms with Gasteiger partial charge in [-0.25, -0.2) is 0 Å². The summed E-state index contributed by atoms with van der Waals surface area (Å²) < 4.78 is 8.46. The zero-order valence-electron chi connectivity index (χ0n) is 8.14. The number of halogens is 3. The molecular formula is C11H8Br2INO. The Morgan fingerprint density at radius 2 is 2.00 bits per heavy atom. The molecule has 0 aliphatic carbocycles. The molecule has 16 heavy (non-hydrogen) atoms. The molecule has 0 saturated carbocycles. The highest BCUT2D eigenvalue weighted by Gasteiger charge is 2.02. The van der Waals surface area contributed by atoms with Crippen LogP contribution in [0.15, 0.2) is 43.7 Å². The molecule has 1 heterocycles. The van der Waals surface area contributed by atoms with E-state index in [1.807, 2.05) is 30.3 Å². The second-order valence-electron chi connectivity index (χ2n) is 3.18. The Labute approximate surface area is 124 Å². The van der Waals surface area contributed by atoms with Crippen LogP contribution in [0.1, 0.15) is 5.76 Å². The van der Waals surface area contributed by atoms with Crippen molar-refractivity contribution in [3.8, 4) is 0 Å². The largest absolute Gasteiger partial charge is 0.454 e. The minimum atomic E-state index is 0.684. The van der Waals surface area contributed by atoms with Gasteiger partial charge in [0.2, 0.25) is 0 Å². The first-order valence-electron chi connectivity index (χ1n) is 4.58. The lowest BCUT2D eigenvalue weighted by molar-refractivity contribution is 0.493. The van der Waals surface area contributed by atoms with Gasteiger partial charge in [-0.15, -0.1) is 0 Å². The van der Waals surface area contributed by atoms with Crippen molar-refractivity contribution in [1.29, 1.82) is 0 Å². The molecule has 0 bridgehead atoms. The lowest BCUT2D eigenvalue weighted by Crippen LogP contribution is -1.98. The lowest BCUT2D eigenvalue weighted by atomic mass is 10.3. The molecule has 0 aliphatic heterocycles. The molecule has 5 heteroatoms. The Morgan fingerprint density at radius 1 is 1.19 bits per heavy atom. The summed E-state index contributed by atoms with van der Waals surface area (Å²) in [6.07, 6.45) is 0. The van der Waals surface area contributed by atoms with Crippen LogP contribution in [0.2, 0.25) is 0 Å². The number of hydrogen-bond donors (Lipinski definition) is 1. The van der Waals surface area contributed by atoms with Gasteiger partial charge in [-0.3, -0.25) is 0 Å². The normalized spacial score (nSPS) is 10.4. The van der Waals surface area contributed by atoms with Crippen LogP contribution in [0.5, 0.6) is 0 Å². The maximum atomic E-state index is 5.47. The second kappa shape index (κ2) is 5.55. The second-order valence-corrected chi connectivity index (χ2v) is 6.02. The first-order chi connectivity index (χ1) is 7.65. The lowest BCUT2D eigenvalue weighted by Gasteiger charge is -2.07. The van der Waals surface area contributed by atoms with Crippen LogP contribution in [0.4, 0.5) is 5.69 Å². The maximum absolute atomic E-state index is 5.47. The fourth-order valence-electron chi connectivity index (χ4n) is 1.26. The third-order valence-corrected chi connectivity index (χ3v) is 3.74. The van der Waals surface area contributed by atoms with E-state index >= 15 is 0 Å². The van der Waals surface area contributed by atoms with Gasteiger partial charge in [0.1, 0.15) is 5.76 Å². The highest BCUT2D eigenvalue weighted by Crippen LogP contribution is 2.26. The predicted molar refractivity (Wildman–Crippen MR) is 80.6 cm³/mol. The van der Waals surface area contributed by atoms with Crippen molar-refractivity contribution in [2.24, 2.45) is 0 Å². The van der Waals surface area contributed by atoms with Gasteiger partial charge in [-0.1, -0.05) is 15.9 Å². The first-order valence-corrected chi connectivity index (χ1v) is 7.25. The minimum absolute atomic E-state index is 0.684. The fourth-order valence-corrected chi connectivity index (χ4v) is 2.91. The molecule has 0 spiro atoms. The van der Waals surface area contributed by atoms with Crippen LogP contribution >= 0.6 is 54.5 Å². The number of furan rings is 1. The fraction of sp³-hybridized carbons (Fsp3) is 0.0909. The average molecular weight is 457 g/mol. The number of hydrogen-bond acceptors (Lipinski definition) is 2. The van der Waals surface area contributed by atoms with E-state index in [0.717, 1.165) is 24.2 Å². The summed E-state index contributed by atoms with van der Waals surface area (Å²) >= 11 is 9.08. The molecule has 0 amide bonds. The predicted octanol–water partition coefficient (Wildman–Crippen LogP) is 5.02. The van der Waals surface area contributed by atoms with Gasteiger partial charge in [-0.05, 0) is 68.9 Å². The van der Waals surface area contributed by atoms with Crippen LogP contribution in [0.3, 0.4) is 0 Å². The van der Waals surface area contributed by atoms with E-state index in [0.29, 0.717) is 6.54 Å². The zero-order valence-corrected chi connectivity index (χ0v) is 13.5. The Morgan fingerprint density at radius 3 is 2.62 bits per heavy atom. The molecule has 1 N–H and O–H groups in total. The maximum Gasteiger partial charge on any atom is 0.164 e. The van der Waals surface area contributed by atoms with Crippen molar-refractivity contribution in [3.05, 3.63) is 48.8 Å². The number of anilines is 1.